The SMILES string of the molecule is Cn1cncc1-c1nc(N2CCCNCC2)n[nH]1. The molecule has 2 N–H and O–H groups in total. The molecular weight excluding hydrogens is 230 g/mol. The van der Waals surface area contributed by atoms with Gasteiger partial charge in [0.2, 0.25) is 5.95 Å². The van der Waals surface area contributed by atoms with Gasteiger partial charge in [-0.1, -0.05) is 0 Å². The first kappa shape index (κ1) is 11.2. The van der Waals surface area contributed by atoms with E-state index in [1.54, 1.807) is 12.5 Å². The standard InChI is InChI=1S/C11H17N7/c1-17-8-13-7-9(17)10-14-11(16-15-10)18-5-2-3-12-4-6-18/h7-8,12H,2-6H2,1H3,(H,14,15,16). The molecule has 7 heteroatoms. The van der Waals surface area contributed by atoms with Crippen molar-refractivity contribution in [2.45, 2.75) is 6.42 Å². The number of nitrogens with one attached hydrogen (secondary N) is 2. The Morgan fingerprint density at radius 3 is 3.06 bits per heavy atom. The molecule has 0 unspecified atom stereocenters. The zero-order valence-electron chi connectivity index (χ0n) is 10.4. The number of nitrogens with zero attached hydrogens (tertiary/aromatic N) is 5. The average Bonchev–Trinajstić information content (AvgIpc) is 2.91. The summed E-state index contributed by atoms with van der Waals surface area (Å²) in [6.45, 7) is 3.99. The molecule has 18 heavy (non-hydrogen) atoms. The van der Waals surface area contributed by atoms with Crippen LogP contribution in [0.1, 0.15) is 6.42 Å². The van der Waals surface area contributed by atoms with Crippen LogP contribution in [0, 0.1) is 0 Å². The highest BCUT2D eigenvalue weighted by molar-refractivity contribution is 5.50. The summed E-state index contributed by atoms with van der Waals surface area (Å²) in [6, 6.07) is 0. The van der Waals surface area contributed by atoms with E-state index in [2.05, 4.69) is 30.4 Å². The number of aromatic amines is 1. The summed E-state index contributed by atoms with van der Waals surface area (Å²) < 4.78 is 1.92. The van der Waals surface area contributed by atoms with Gasteiger partial charge in [-0.2, -0.15) is 4.98 Å². The summed E-state index contributed by atoms with van der Waals surface area (Å²) in [5.41, 5.74) is 0.946. The predicted octanol–water partition coefficient (Wildman–Crippen LogP) is 0.00490. The van der Waals surface area contributed by atoms with E-state index in [0.717, 1.165) is 50.1 Å². The van der Waals surface area contributed by atoms with Gasteiger partial charge in [0.05, 0.1) is 12.5 Å². The van der Waals surface area contributed by atoms with E-state index >= 15 is 0 Å². The lowest BCUT2D eigenvalue weighted by Crippen LogP contribution is -2.28. The Kier molecular flexibility index (Phi) is 2.97. The van der Waals surface area contributed by atoms with Gasteiger partial charge in [-0.15, -0.1) is 5.10 Å². The van der Waals surface area contributed by atoms with Gasteiger partial charge in [-0.3, -0.25) is 5.10 Å². The second-order valence-electron chi connectivity index (χ2n) is 4.46. The molecule has 2 aromatic heterocycles. The van der Waals surface area contributed by atoms with Gasteiger partial charge in [-0.25, -0.2) is 4.98 Å². The lowest BCUT2D eigenvalue weighted by molar-refractivity contribution is 0.724. The number of imidazole rings is 1. The minimum absolute atomic E-state index is 0.766. The van der Waals surface area contributed by atoms with E-state index in [1.807, 2.05) is 11.6 Å². The lowest BCUT2D eigenvalue weighted by Gasteiger charge is -2.16. The van der Waals surface area contributed by atoms with Crippen LogP contribution in [-0.4, -0.2) is 50.9 Å². The van der Waals surface area contributed by atoms with Crippen molar-refractivity contribution in [2.24, 2.45) is 7.05 Å². The van der Waals surface area contributed by atoms with Crippen molar-refractivity contribution in [3.05, 3.63) is 12.5 Å². The molecule has 0 bridgehead atoms. The van der Waals surface area contributed by atoms with E-state index in [0.29, 0.717) is 0 Å². The lowest BCUT2D eigenvalue weighted by atomic mass is 10.4. The molecule has 3 rings (SSSR count). The largest absolute Gasteiger partial charge is 0.338 e. The van der Waals surface area contributed by atoms with E-state index in [9.17, 15) is 0 Å². The number of hydrogen-bond acceptors (Lipinski definition) is 5. The Hall–Kier alpha value is -1.89. The molecule has 0 amide bonds. The quantitative estimate of drug-likeness (QED) is 0.781. The van der Waals surface area contributed by atoms with Crippen molar-refractivity contribution in [2.75, 3.05) is 31.1 Å². The summed E-state index contributed by atoms with van der Waals surface area (Å²) in [7, 11) is 1.94. The summed E-state index contributed by atoms with van der Waals surface area (Å²) in [6.07, 6.45) is 4.66. The Bertz CT molecular complexity index is 507. The minimum atomic E-state index is 0.766. The second-order valence-corrected chi connectivity index (χ2v) is 4.46. The van der Waals surface area contributed by atoms with Crippen LogP contribution in [0.4, 0.5) is 5.95 Å². The zero-order chi connectivity index (χ0) is 12.4. The first-order chi connectivity index (χ1) is 8.84. The fourth-order valence-corrected chi connectivity index (χ4v) is 2.14. The Morgan fingerprint density at radius 2 is 2.22 bits per heavy atom. The van der Waals surface area contributed by atoms with Gasteiger partial charge in [-0.05, 0) is 13.0 Å². The molecule has 1 saturated heterocycles. The van der Waals surface area contributed by atoms with Gasteiger partial charge in [0, 0.05) is 26.7 Å². The normalized spacial score (nSPS) is 16.8. The van der Waals surface area contributed by atoms with Gasteiger partial charge >= 0.3 is 0 Å². The third kappa shape index (κ3) is 2.08. The van der Waals surface area contributed by atoms with Crippen molar-refractivity contribution in [3.63, 3.8) is 0 Å². The Balaban J connectivity index is 1.82. The topological polar surface area (TPSA) is 74.7 Å². The highest BCUT2D eigenvalue weighted by Crippen LogP contribution is 2.16. The van der Waals surface area contributed by atoms with Gasteiger partial charge in [0.25, 0.3) is 0 Å². The Labute approximate surface area is 105 Å². The van der Waals surface area contributed by atoms with E-state index < -0.39 is 0 Å². The number of anilines is 1. The Morgan fingerprint density at radius 1 is 1.28 bits per heavy atom. The summed E-state index contributed by atoms with van der Waals surface area (Å²) in [4.78, 5) is 10.8. The number of aromatic nitrogens is 5. The van der Waals surface area contributed by atoms with Crippen LogP contribution in [0.2, 0.25) is 0 Å². The van der Waals surface area contributed by atoms with Crippen molar-refractivity contribution in [3.8, 4) is 11.5 Å². The maximum absolute atomic E-state index is 4.55. The molecule has 7 nitrogen and oxygen atoms in total. The molecule has 0 aliphatic carbocycles. The van der Waals surface area contributed by atoms with Crippen molar-refractivity contribution >= 4 is 5.95 Å². The number of hydrogen-bond donors (Lipinski definition) is 2. The third-order valence-electron chi connectivity index (χ3n) is 3.16. The van der Waals surface area contributed by atoms with E-state index in [4.69, 9.17) is 0 Å². The van der Waals surface area contributed by atoms with Crippen LogP contribution in [0.3, 0.4) is 0 Å². The van der Waals surface area contributed by atoms with E-state index in [1.165, 1.54) is 0 Å². The van der Waals surface area contributed by atoms with Crippen molar-refractivity contribution in [1.29, 1.82) is 0 Å². The molecule has 0 spiro atoms. The minimum Gasteiger partial charge on any atom is -0.338 e. The highest BCUT2D eigenvalue weighted by atomic mass is 15.4. The molecule has 1 fully saturated rings. The monoisotopic (exact) mass is 247 g/mol. The van der Waals surface area contributed by atoms with Crippen LogP contribution in [0.25, 0.3) is 11.5 Å². The molecule has 96 valence electrons. The predicted molar refractivity (Wildman–Crippen MR) is 68.3 cm³/mol. The van der Waals surface area contributed by atoms with Gasteiger partial charge in [0.15, 0.2) is 5.82 Å². The molecule has 1 aliphatic rings. The third-order valence-corrected chi connectivity index (χ3v) is 3.16. The first-order valence-electron chi connectivity index (χ1n) is 6.19. The molecular formula is C11H17N7. The second kappa shape index (κ2) is 4.77. The van der Waals surface area contributed by atoms with E-state index in [-0.39, 0.29) is 0 Å². The highest BCUT2D eigenvalue weighted by Gasteiger charge is 2.15. The fraction of sp³-hybridized carbons (Fsp3) is 0.545. The van der Waals surface area contributed by atoms with Crippen LogP contribution in [-0.2, 0) is 7.05 Å². The molecule has 0 atom stereocenters. The molecule has 0 aromatic carbocycles. The molecule has 2 aromatic rings. The number of rotatable bonds is 2. The molecule has 3 heterocycles. The zero-order valence-corrected chi connectivity index (χ0v) is 10.4. The van der Waals surface area contributed by atoms with Crippen LogP contribution in [0.15, 0.2) is 12.5 Å². The molecule has 1 aliphatic heterocycles. The van der Waals surface area contributed by atoms with Gasteiger partial charge in [0.1, 0.15) is 5.69 Å². The molecule has 0 saturated carbocycles. The summed E-state index contributed by atoms with van der Waals surface area (Å²) >= 11 is 0. The van der Waals surface area contributed by atoms with Crippen LogP contribution in [0.5, 0.6) is 0 Å². The first-order valence-corrected chi connectivity index (χ1v) is 6.19. The van der Waals surface area contributed by atoms with Crippen molar-refractivity contribution in [1.82, 2.24) is 30.0 Å². The maximum atomic E-state index is 4.55. The van der Waals surface area contributed by atoms with Gasteiger partial charge < -0.3 is 14.8 Å². The number of aryl methyl sites for hydroxylation is 1. The van der Waals surface area contributed by atoms with Crippen molar-refractivity contribution < 1.29 is 0 Å². The maximum Gasteiger partial charge on any atom is 0.245 e. The average molecular weight is 247 g/mol. The summed E-state index contributed by atoms with van der Waals surface area (Å²) in [5, 5.41) is 10.7. The fourth-order valence-electron chi connectivity index (χ4n) is 2.14. The number of H-pyrrole nitrogens is 1. The van der Waals surface area contributed by atoms with Crippen LogP contribution < -0.4 is 10.2 Å². The molecule has 0 radical (unpaired) electrons. The summed E-state index contributed by atoms with van der Waals surface area (Å²) in [5.74, 6) is 1.54. The smallest absolute Gasteiger partial charge is 0.245 e. The van der Waals surface area contributed by atoms with Crippen LogP contribution >= 0.6 is 0 Å².